The molecule has 1 aromatic carbocycles. The van der Waals surface area contributed by atoms with E-state index in [1.807, 2.05) is 32.9 Å². The van der Waals surface area contributed by atoms with Gasteiger partial charge in [-0.3, -0.25) is 9.48 Å². The van der Waals surface area contributed by atoms with Gasteiger partial charge in [0.25, 0.3) is 5.91 Å². The van der Waals surface area contributed by atoms with Gasteiger partial charge in [-0.25, -0.2) is 0 Å². The first-order chi connectivity index (χ1) is 9.93. The third kappa shape index (κ3) is 3.15. The average Bonchev–Trinajstić information content (AvgIpc) is 2.82. The Morgan fingerprint density at radius 1 is 1.33 bits per heavy atom. The molecule has 0 radical (unpaired) electrons. The lowest BCUT2D eigenvalue weighted by Gasteiger charge is -2.16. The Bertz CT molecular complexity index is 656. The summed E-state index contributed by atoms with van der Waals surface area (Å²) in [4.78, 5) is 12.5. The first-order valence-corrected chi connectivity index (χ1v) is 7.39. The molecule has 1 N–H and O–H groups in total. The van der Waals surface area contributed by atoms with Crippen LogP contribution in [0.25, 0.3) is 0 Å². The summed E-state index contributed by atoms with van der Waals surface area (Å²) in [5.74, 6) is 0.267. The summed E-state index contributed by atoms with van der Waals surface area (Å²) in [6, 6.07) is 6.11. The molecule has 4 heteroatoms. The SMILES string of the molecule is CCn1cc(C(=O)Nc2c(C)cccc2C(C)C)c(C)n1. The summed E-state index contributed by atoms with van der Waals surface area (Å²) in [7, 11) is 0. The van der Waals surface area contributed by atoms with E-state index in [-0.39, 0.29) is 5.91 Å². The Hall–Kier alpha value is -2.10. The van der Waals surface area contributed by atoms with Crippen LogP contribution in [0, 0.1) is 13.8 Å². The molecular weight excluding hydrogens is 262 g/mol. The lowest BCUT2D eigenvalue weighted by atomic mass is 9.98. The highest BCUT2D eigenvalue weighted by atomic mass is 16.1. The van der Waals surface area contributed by atoms with Crippen molar-refractivity contribution in [3.8, 4) is 0 Å². The van der Waals surface area contributed by atoms with Crippen molar-refractivity contribution in [2.45, 2.75) is 47.1 Å². The van der Waals surface area contributed by atoms with Gasteiger partial charge in [-0.2, -0.15) is 5.10 Å². The van der Waals surface area contributed by atoms with Crippen LogP contribution in [0.1, 0.15) is 53.9 Å². The molecule has 0 spiro atoms. The van der Waals surface area contributed by atoms with E-state index in [2.05, 4.69) is 30.3 Å². The molecule has 0 saturated carbocycles. The molecule has 2 aromatic rings. The monoisotopic (exact) mass is 285 g/mol. The molecule has 21 heavy (non-hydrogen) atoms. The molecule has 0 aliphatic rings. The average molecular weight is 285 g/mol. The smallest absolute Gasteiger partial charge is 0.259 e. The molecule has 1 amide bonds. The number of hydrogen-bond donors (Lipinski definition) is 1. The highest BCUT2D eigenvalue weighted by Gasteiger charge is 2.16. The third-order valence-electron chi connectivity index (χ3n) is 3.68. The summed E-state index contributed by atoms with van der Waals surface area (Å²) in [6.45, 7) is 10.9. The number of para-hydroxylation sites is 1. The normalized spacial score (nSPS) is 11.0. The maximum Gasteiger partial charge on any atom is 0.259 e. The van der Waals surface area contributed by atoms with E-state index in [0.29, 0.717) is 11.5 Å². The van der Waals surface area contributed by atoms with E-state index in [9.17, 15) is 4.79 Å². The Morgan fingerprint density at radius 2 is 2.05 bits per heavy atom. The second kappa shape index (κ2) is 6.12. The van der Waals surface area contributed by atoms with E-state index in [1.165, 1.54) is 0 Å². The maximum atomic E-state index is 12.5. The molecule has 0 aliphatic heterocycles. The molecule has 0 atom stereocenters. The number of nitrogens with zero attached hydrogens (tertiary/aromatic N) is 2. The fourth-order valence-electron chi connectivity index (χ4n) is 2.43. The van der Waals surface area contributed by atoms with Gasteiger partial charge in [-0.1, -0.05) is 32.0 Å². The van der Waals surface area contributed by atoms with Gasteiger partial charge in [0, 0.05) is 18.4 Å². The maximum absolute atomic E-state index is 12.5. The Labute approximate surface area is 126 Å². The minimum Gasteiger partial charge on any atom is -0.321 e. The molecular formula is C17H23N3O. The standard InChI is InChI=1S/C17H23N3O/c1-6-20-10-15(13(5)19-20)17(21)18-16-12(4)8-7-9-14(16)11(2)3/h7-11H,6H2,1-5H3,(H,18,21). The van der Waals surface area contributed by atoms with Crippen molar-refractivity contribution in [1.82, 2.24) is 9.78 Å². The number of carbonyl (C=O) groups is 1. The summed E-state index contributed by atoms with van der Waals surface area (Å²) in [5, 5.41) is 7.39. The van der Waals surface area contributed by atoms with Crippen molar-refractivity contribution in [3.05, 3.63) is 46.8 Å². The van der Waals surface area contributed by atoms with E-state index >= 15 is 0 Å². The zero-order valence-electron chi connectivity index (χ0n) is 13.4. The fourth-order valence-corrected chi connectivity index (χ4v) is 2.43. The van der Waals surface area contributed by atoms with Gasteiger partial charge in [0.1, 0.15) is 0 Å². The molecule has 0 saturated heterocycles. The third-order valence-corrected chi connectivity index (χ3v) is 3.68. The molecule has 0 aliphatic carbocycles. The number of amides is 1. The minimum absolute atomic E-state index is 0.0941. The Kier molecular flexibility index (Phi) is 4.46. The number of nitrogens with one attached hydrogen (secondary N) is 1. The zero-order chi connectivity index (χ0) is 15.6. The van der Waals surface area contributed by atoms with Crippen molar-refractivity contribution in [2.24, 2.45) is 0 Å². The van der Waals surface area contributed by atoms with Gasteiger partial charge in [-0.15, -0.1) is 0 Å². The first kappa shape index (κ1) is 15.3. The van der Waals surface area contributed by atoms with Gasteiger partial charge >= 0.3 is 0 Å². The number of rotatable bonds is 4. The molecule has 0 bridgehead atoms. The number of carbonyl (C=O) groups excluding carboxylic acids is 1. The molecule has 0 unspecified atom stereocenters. The summed E-state index contributed by atoms with van der Waals surface area (Å²) in [6.07, 6.45) is 1.80. The molecule has 1 aromatic heterocycles. The Balaban J connectivity index is 2.33. The molecule has 0 fully saturated rings. The summed E-state index contributed by atoms with van der Waals surface area (Å²) < 4.78 is 1.78. The van der Waals surface area contributed by atoms with E-state index < -0.39 is 0 Å². The molecule has 1 heterocycles. The molecule has 112 valence electrons. The quantitative estimate of drug-likeness (QED) is 0.926. The topological polar surface area (TPSA) is 46.9 Å². The predicted molar refractivity (Wildman–Crippen MR) is 85.9 cm³/mol. The van der Waals surface area contributed by atoms with Crippen molar-refractivity contribution in [2.75, 3.05) is 5.32 Å². The van der Waals surface area contributed by atoms with Crippen molar-refractivity contribution < 1.29 is 4.79 Å². The zero-order valence-corrected chi connectivity index (χ0v) is 13.4. The second-order valence-electron chi connectivity index (χ2n) is 5.63. The second-order valence-corrected chi connectivity index (χ2v) is 5.63. The first-order valence-electron chi connectivity index (χ1n) is 7.39. The summed E-state index contributed by atoms with van der Waals surface area (Å²) >= 11 is 0. The fraction of sp³-hybridized carbons (Fsp3) is 0.412. The predicted octanol–water partition coefficient (Wildman–Crippen LogP) is 3.90. The number of aryl methyl sites for hydroxylation is 3. The number of aromatic nitrogens is 2. The van der Waals surface area contributed by atoms with Gasteiger partial charge in [0.05, 0.1) is 11.3 Å². The van der Waals surface area contributed by atoms with E-state index in [4.69, 9.17) is 0 Å². The van der Waals surface area contributed by atoms with Gasteiger partial charge in [0.15, 0.2) is 0 Å². The number of hydrogen-bond acceptors (Lipinski definition) is 2. The van der Waals surface area contributed by atoms with Gasteiger partial charge in [0.2, 0.25) is 0 Å². The van der Waals surface area contributed by atoms with Crippen molar-refractivity contribution in [3.63, 3.8) is 0 Å². The van der Waals surface area contributed by atoms with Gasteiger partial charge < -0.3 is 5.32 Å². The van der Waals surface area contributed by atoms with Gasteiger partial charge in [-0.05, 0) is 37.8 Å². The van der Waals surface area contributed by atoms with Crippen LogP contribution in [0.2, 0.25) is 0 Å². The van der Waals surface area contributed by atoms with Crippen molar-refractivity contribution >= 4 is 11.6 Å². The van der Waals surface area contributed by atoms with E-state index in [0.717, 1.165) is 29.1 Å². The van der Waals surface area contributed by atoms with Crippen LogP contribution in [0.15, 0.2) is 24.4 Å². The number of benzene rings is 1. The van der Waals surface area contributed by atoms with Crippen LogP contribution < -0.4 is 5.32 Å². The largest absolute Gasteiger partial charge is 0.321 e. The lowest BCUT2D eigenvalue weighted by Crippen LogP contribution is -2.15. The van der Waals surface area contributed by atoms with E-state index in [1.54, 1.807) is 10.9 Å². The van der Waals surface area contributed by atoms with Crippen LogP contribution in [-0.4, -0.2) is 15.7 Å². The lowest BCUT2D eigenvalue weighted by molar-refractivity contribution is 0.102. The van der Waals surface area contributed by atoms with Crippen LogP contribution in [0.5, 0.6) is 0 Å². The molecule has 4 nitrogen and oxygen atoms in total. The minimum atomic E-state index is -0.0941. The van der Waals surface area contributed by atoms with Crippen LogP contribution in [0.3, 0.4) is 0 Å². The molecule has 2 rings (SSSR count). The summed E-state index contributed by atoms with van der Waals surface area (Å²) in [5.41, 5.74) is 4.55. The van der Waals surface area contributed by atoms with Crippen LogP contribution in [-0.2, 0) is 6.54 Å². The van der Waals surface area contributed by atoms with Crippen LogP contribution in [0.4, 0.5) is 5.69 Å². The highest BCUT2D eigenvalue weighted by molar-refractivity contribution is 6.05. The highest BCUT2D eigenvalue weighted by Crippen LogP contribution is 2.28. The number of anilines is 1. The van der Waals surface area contributed by atoms with Crippen molar-refractivity contribution in [1.29, 1.82) is 0 Å². The van der Waals surface area contributed by atoms with Crippen LogP contribution >= 0.6 is 0 Å². The Morgan fingerprint density at radius 3 is 2.62 bits per heavy atom.